The summed E-state index contributed by atoms with van der Waals surface area (Å²) in [6, 6.07) is 6.98. The number of furan rings is 1. The fourth-order valence-electron chi connectivity index (χ4n) is 1.40. The summed E-state index contributed by atoms with van der Waals surface area (Å²) in [5, 5.41) is 4.27. The number of hydrogen-bond donors (Lipinski definition) is 1. The lowest BCUT2D eigenvalue weighted by atomic mass is 10.2. The Hall–Kier alpha value is -1.32. The third-order valence-electron chi connectivity index (χ3n) is 2.09. The van der Waals surface area contributed by atoms with Crippen LogP contribution in [0.25, 0.3) is 11.0 Å². The molecule has 0 aliphatic rings. The minimum atomic E-state index is -0.0650. The van der Waals surface area contributed by atoms with E-state index in [1.165, 1.54) is 0 Å². The van der Waals surface area contributed by atoms with Crippen LogP contribution < -0.4 is 5.32 Å². The van der Waals surface area contributed by atoms with Crippen LogP contribution in [-0.4, -0.2) is 19.4 Å². The van der Waals surface area contributed by atoms with E-state index in [1.54, 1.807) is 31.3 Å². The summed E-state index contributed by atoms with van der Waals surface area (Å²) < 4.78 is 5.39. The highest BCUT2D eigenvalue weighted by molar-refractivity contribution is 6.31. The number of likely N-dealkylation sites (N-methyl/N-ethyl adjacent to an activating group) is 1. The molecule has 0 amide bonds. The van der Waals surface area contributed by atoms with Gasteiger partial charge in [-0.1, -0.05) is 11.6 Å². The van der Waals surface area contributed by atoms with Gasteiger partial charge in [0.1, 0.15) is 5.58 Å². The normalized spacial score (nSPS) is 10.8. The second kappa shape index (κ2) is 4.04. The first-order valence-corrected chi connectivity index (χ1v) is 4.95. The molecule has 4 heteroatoms. The topological polar surface area (TPSA) is 42.2 Å². The summed E-state index contributed by atoms with van der Waals surface area (Å²) in [7, 11) is 1.72. The van der Waals surface area contributed by atoms with Gasteiger partial charge in [0.05, 0.1) is 6.54 Å². The van der Waals surface area contributed by atoms with Crippen molar-refractivity contribution in [2.24, 2.45) is 0 Å². The van der Waals surface area contributed by atoms with Gasteiger partial charge in [0.15, 0.2) is 5.76 Å². The molecule has 3 nitrogen and oxygen atoms in total. The van der Waals surface area contributed by atoms with Crippen LogP contribution in [0, 0.1) is 0 Å². The maximum Gasteiger partial charge on any atom is 0.211 e. The molecule has 1 heterocycles. The number of carbonyl (C=O) groups is 1. The SMILES string of the molecule is CNCC(=O)c1cc2cc(Cl)ccc2o1. The highest BCUT2D eigenvalue weighted by atomic mass is 35.5. The number of Topliss-reactive ketones (excluding diaryl/α,β-unsaturated/α-hetero) is 1. The summed E-state index contributed by atoms with van der Waals surface area (Å²) in [4.78, 5) is 11.5. The van der Waals surface area contributed by atoms with Crippen LogP contribution in [0.3, 0.4) is 0 Å². The number of hydrogen-bond acceptors (Lipinski definition) is 3. The van der Waals surface area contributed by atoms with E-state index in [4.69, 9.17) is 16.0 Å². The van der Waals surface area contributed by atoms with E-state index in [9.17, 15) is 4.79 Å². The number of halogens is 1. The van der Waals surface area contributed by atoms with E-state index in [0.717, 1.165) is 5.39 Å². The lowest BCUT2D eigenvalue weighted by Gasteiger charge is -1.92. The first-order chi connectivity index (χ1) is 7.20. The molecule has 2 aromatic rings. The number of nitrogens with one attached hydrogen (secondary N) is 1. The molecular formula is C11H10ClNO2. The Balaban J connectivity index is 2.42. The number of rotatable bonds is 3. The van der Waals surface area contributed by atoms with Gasteiger partial charge in [-0.3, -0.25) is 4.79 Å². The smallest absolute Gasteiger partial charge is 0.211 e. The third-order valence-corrected chi connectivity index (χ3v) is 2.33. The van der Waals surface area contributed by atoms with Crippen LogP contribution in [-0.2, 0) is 0 Å². The minimum absolute atomic E-state index is 0.0650. The predicted molar refractivity (Wildman–Crippen MR) is 59.5 cm³/mol. The van der Waals surface area contributed by atoms with Gasteiger partial charge < -0.3 is 9.73 Å². The maximum absolute atomic E-state index is 11.5. The zero-order valence-corrected chi connectivity index (χ0v) is 8.97. The second-order valence-electron chi connectivity index (χ2n) is 3.25. The van der Waals surface area contributed by atoms with Crippen LogP contribution >= 0.6 is 11.6 Å². The lowest BCUT2D eigenvalue weighted by molar-refractivity contribution is 0.0969. The Bertz CT molecular complexity index is 504. The van der Waals surface area contributed by atoms with E-state index in [1.807, 2.05) is 0 Å². The van der Waals surface area contributed by atoms with Crippen LogP contribution in [0.2, 0.25) is 5.02 Å². The molecule has 0 aliphatic heterocycles. The van der Waals surface area contributed by atoms with E-state index in [-0.39, 0.29) is 12.3 Å². The van der Waals surface area contributed by atoms with E-state index >= 15 is 0 Å². The van der Waals surface area contributed by atoms with Crippen LogP contribution in [0.5, 0.6) is 0 Å². The molecule has 0 saturated heterocycles. The van der Waals surface area contributed by atoms with Crippen LogP contribution in [0.15, 0.2) is 28.7 Å². The average molecular weight is 224 g/mol. The molecule has 2 rings (SSSR count). The van der Waals surface area contributed by atoms with Crippen molar-refractivity contribution >= 4 is 28.4 Å². The molecule has 1 N–H and O–H groups in total. The first kappa shape index (κ1) is 10.2. The van der Waals surface area contributed by atoms with Crippen LogP contribution in [0.4, 0.5) is 0 Å². The van der Waals surface area contributed by atoms with Crippen molar-refractivity contribution < 1.29 is 9.21 Å². The predicted octanol–water partition coefficient (Wildman–Crippen LogP) is 2.49. The Labute approximate surface area is 92.0 Å². The molecule has 0 unspecified atom stereocenters. The van der Waals surface area contributed by atoms with Crippen molar-refractivity contribution in [3.63, 3.8) is 0 Å². The Kier molecular flexibility index (Phi) is 2.75. The molecule has 0 radical (unpaired) electrons. The monoisotopic (exact) mass is 223 g/mol. The molecular weight excluding hydrogens is 214 g/mol. The highest BCUT2D eigenvalue weighted by Gasteiger charge is 2.11. The maximum atomic E-state index is 11.5. The Morgan fingerprint density at radius 1 is 1.47 bits per heavy atom. The van der Waals surface area contributed by atoms with E-state index in [2.05, 4.69) is 5.32 Å². The fraction of sp³-hybridized carbons (Fsp3) is 0.182. The van der Waals surface area contributed by atoms with Crippen molar-refractivity contribution in [2.75, 3.05) is 13.6 Å². The molecule has 78 valence electrons. The van der Waals surface area contributed by atoms with Crippen molar-refractivity contribution in [2.45, 2.75) is 0 Å². The van der Waals surface area contributed by atoms with Crippen molar-refractivity contribution in [1.29, 1.82) is 0 Å². The third kappa shape index (κ3) is 2.03. The van der Waals surface area contributed by atoms with Gasteiger partial charge in [0, 0.05) is 10.4 Å². The summed E-state index contributed by atoms with van der Waals surface area (Å²) in [6.45, 7) is 0.271. The minimum Gasteiger partial charge on any atom is -0.453 e. The molecule has 15 heavy (non-hydrogen) atoms. The lowest BCUT2D eigenvalue weighted by Crippen LogP contribution is -2.17. The molecule has 0 aliphatic carbocycles. The van der Waals surface area contributed by atoms with E-state index < -0.39 is 0 Å². The van der Waals surface area contributed by atoms with Gasteiger partial charge in [-0.25, -0.2) is 0 Å². The van der Waals surface area contributed by atoms with Crippen LogP contribution in [0.1, 0.15) is 10.6 Å². The van der Waals surface area contributed by atoms with Gasteiger partial charge in [-0.15, -0.1) is 0 Å². The first-order valence-electron chi connectivity index (χ1n) is 4.57. The summed E-state index contributed by atoms with van der Waals surface area (Å²) >= 11 is 5.83. The zero-order valence-electron chi connectivity index (χ0n) is 8.21. The molecule has 0 atom stereocenters. The molecule has 0 bridgehead atoms. The number of carbonyl (C=O) groups excluding carboxylic acids is 1. The highest BCUT2D eigenvalue weighted by Crippen LogP contribution is 2.23. The van der Waals surface area contributed by atoms with Gasteiger partial charge >= 0.3 is 0 Å². The molecule has 0 spiro atoms. The average Bonchev–Trinajstić information content (AvgIpc) is 2.60. The van der Waals surface area contributed by atoms with Gasteiger partial charge in [-0.05, 0) is 31.3 Å². The number of ketones is 1. The van der Waals surface area contributed by atoms with Crippen molar-refractivity contribution in [3.8, 4) is 0 Å². The second-order valence-corrected chi connectivity index (χ2v) is 3.68. The molecule has 0 fully saturated rings. The standard InChI is InChI=1S/C11H10ClNO2/c1-13-6-9(14)11-5-7-4-8(12)2-3-10(7)15-11/h2-5,13H,6H2,1H3. The Morgan fingerprint density at radius 2 is 2.27 bits per heavy atom. The van der Waals surface area contributed by atoms with E-state index in [0.29, 0.717) is 16.4 Å². The quantitative estimate of drug-likeness (QED) is 0.813. The fourth-order valence-corrected chi connectivity index (χ4v) is 1.58. The van der Waals surface area contributed by atoms with Gasteiger partial charge in [-0.2, -0.15) is 0 Å². The molecule has 1 aromatic carbocycles. The number of fused-ring (bicyclic) bond motifs is 1. The molecule has 0 saturated carbocycles. The summed E-state index contributed by atoms with van der Waals surface area (Å²) in [6.07, 6.45) is 0. The zero-order chi connectivity index (χ0) is 10.8. The summed E-state index contributed by atoms with van der Waals surface area (Å²) in [5.41, 5.74) is 0.679. The summed E-state index contributed by atoms with van der Waals surface area (Å²) in [5.74, 6) is 0.298. The van der Waals surface area contributed by atoms with Gasteiger partial charge in [0.25, 0.3) is 0 Å². The van der Waals surface area contributed by atoms with Crippen molar-refractivity contribution in [3.05, 3.63) is 35.0 Å². The molecule has 1 aromatic heterocycles. The Morgan fingerprint density at radius 3 is 3.00 bits per heavy atom. The van der Waals surface area contributed by atoms with Gasteiger partial charge in [0.2, 0.25) is 5.78 Å². The largest absolute Gasteiger partial charge is 0.453 e. The van der Waals surface area contributed by atoms with Crippen molar-refractivity contribution in [1.82, 2.24) is 5.32 Å². The number of benzene rings is 1.